The molecule has 2 aromatic rings. The summed E-state index contributed by atoms with van der Waals surface area (Å²) in [6.45, 7) is 1.46. The van der Waals surface area contributed by atoms with Crippen molar-refractivity contribution < 1.29 is 14.2 Å². The van der Waals surface area contributed by atoms with E-state index in [1.807, 2.05) is 30.3 Å². The van der Waals surface area contributed by atoms with E-state index in [9.17, 15) is 0 Å². The summed E-state index contributed by atoms with van der Waals surface area (Å²) >= 11 is 6.02. The largest absolute Gasteiger partial charge is 0.493 e. The highest BCUT2D eigenvalue weighted by atomic mass is 35.5. The summed E-state index contributed by atoms with van der Waals surface area (Å²) in [5.41, 5.74) is 2.22. The summed E-state index contributed by atoms with van der Waals surface area (Å²) in [5.74, 6) is 2.69. The molecule has 152 valence electrons. The van der Waals surface area contributed by atoms with Crippen LogP contribution in [0.1, 0.15) is 11.1 Å². The third-order valence-corrected chi connectivity index (χ3v) is 4.53. The highest BCUT2D eigenvalue weighted by Crippen LogP contribution is 2.39. The second kappa shape index (κ2) is 11.3. The molecule has 0 saturated carbocycles. The fourth-order valence-electron chi connectivity index (χ4n) is 2.91. The van der Waals surface area contributed by atoms with E-state index in [-0.39, 0.29) is 0 Å². The van der Waals surface area contributed by atoms with Crippen LogP contribution in [0.2, 0.25) is 5.02 Å². The molecule has 0 unspecified atom stereocenters. The highest BCUT2D eigenvalue weighted by Gasteiger charge is 2.15. The number of halogens is 1. The van der Waals surface area contributed by atoms with Gasteiger partial charge in [-0.15, -0.1) is 0 Å². The van der Waals surface area contributed by atoms with E-state index in [2.05, 4.69) is 21.7 Å². The smallest absolute Gasteiger partial charge is 0.203 e. The van der Waals surface area contributed by atoms with Gasteiger partial charge in [0.1, 0.15) is 0 Å². The standard InChI is InChI=1S/C21H28ClN3O3/c1-23-21(24-12-10-15-6-5-7-17(22)14-15)25-13-11-16-8-9-18(26-2)20(28-4)19(16)27-3/h5-9,14H,10-13H2,1-4H3,(H2,23,24,25). The fraction of sp³-hybridized carbons (Fsp3) is 0.381. The Morgan fingerprint density at radius 1 is 0.929 bits per heavy atom. The molecular weight excluding hydrogens is 378 g/mol. The number of hydrogen-bond acceptors (Lipinski definition) is 4. The second-order valence-corrected chi connectivity index (χ2v) is 6.49. The van der Waals surface area contributed by atoms with E-state index in [1.54, 1.807) is 28.4 Å². The molecule has 0 fully saturated rings. The van der Waals surface area contributed by atoms with Gasteiger partial charge in [-0.1, -0.05) is 29.8 Å². The lowest BCUT2D eigenvalue weighted by Gasteiger charge is -2.16. The summed E-state index contributed by atoms with van der Waals surface area (Å²) in [7, 11) is 6.60. The van der Waals surface area contributed by atoms with E-state index in [4.69, 9.17) is 25.8 Å². The van der Waals surface area contributed by atoms with Crippen LogP contribution in [0.4, 0.5) is 0 Å². The minimum atomic E-state index is 0.603. The van der Waals surface area contributed by atoms with E-state index >= 15 is 0 Å². The molecule has 0 radical (unpaired) electrons. The van der Waals surface area contributed by atoms with Crippen LogP contribution in [0.15, 0.2) is 41.4 Å². The first-order chi connectivity index (χ1) is 13.6. The quantitative estimate of drug-likeness (QED) is 0.495. The maximum Gasteiger partial charge on any atom is 0.203 e. The number of methoxy groups -OCH3 is 3. The van der Waals surface area contributed by atoms with Crippen molar-refractivity contribution in [1.29, 1.82) is 0 Å². The molecule has 0 saturated heterocycles. The molecule has 0 atom stereocenters. The SMILES string of the molecule is CN=C(NCCc1cccc(Cl)c1)NCCc1ccc(OC)c(OC)c1OC. The van der Waals surface area contributed by atoms with Crippen LogP contribution in [0.5, 0.6) is 17.2 Å². The molecular formula is C21H28ClN3O3. The van der Waals surface area contributed by atoms with Crippen LogP contribution in [0.3, 0.4) is 0 Å². The summed E-state index contributed by atoms with van der Waals surface area (Å²) in [4.78, 5) is 4.26. The fourth-order valence-corrected chi connectivity index (χ4v) is 3.13. The minimum absolute atomic E-state index is 0.603. The van der Waals surface area contributed by atoms with Gasteiger partial charge in [-0.3, -0.25) is 4.99 Å². The summed E-state index contributed by atoms with van der Waals surface area (Å²) in [5, 5.41) is 7.38. The molecule has 0 aliphatic carbocycles. The number of benzene rings is 2. The Morgan fingerprint density at radius 2 is 1.64 bits per heavy atom. The van der Waals surface area contributed by atoms with Crippen LogP contribution in [0, 0.1) is 0 Å². The minimum Gasteiger partial charge on any atom is -0.493 e. The molecule has 0 bridgehead atoms. The molecule has 28 heavy (non-hydrogen) atoms. The average molecular weight is 406 g/mol. The zero-order chi connectivity index (χ0) is 20.4. The molecule has 0 aliphatic rings. The van der Waals surface area contributed by atoms with E-state index in [0.29, 0.717) is 23.8 Å². The topological polar surface area (TPSA) is 64.1 Å². The van der Waals surface area contributed by atoms with Crippen molar-refractivity contribution >= 4 is 17.6 Å². The molecule has 0 spiro atoms. The second-order valence-electron chi connectivity index (χ2n) is 6.05. The number of guanidine groups is 1. The van der Waals surface area contributed by atoms with Crippen molar-refractivity contribution in [2.24, 2.45) is 4.99 Å². The zero-order valence-corrected chi connectivity index (χ0v) is 17.6. The molecule has 0 aliphatic heterocycles. The van der Waals surface area contributed by atoms with Gasteiger partial charge in [0.2, 0.25) is 5.75 Å². The number of ether oxygens (including phenoxy) is 3. The molecule has 7 heteroatoms. The van der Waals surface area contributed by atoms with Gasteiger partial charge < -0.3 is 24.8 Å². The third-order valence-electron chi connectivity index (χ3n) is 4.29. The van der Waals surface area contributed by atoms with E-state index in [0.717, 1.165) is 35.9 Å². The Hall–Kier alpha value is -2.60. The lowest BCUT2D eigenvalue weighted by Crippen LogP contribution is -2.39. The van der Waals surface area contributed by atoms with Crippen LogP contribution in [-0.2, 0) is 12.8 Å². The summed E-state index contributed by atoms with van der Waals surface area (Å²) in [6, 6.07) is 11.7. The first-order valence-electron chi connectivity index (χ1n) is 9.09. The molecule has 0 heterocycles. The van der Waals surface area contributed by atoms with Gasteiger partial charge in [0, 0.05) is 30.7 Å². The maximum atomic E-state index is 6.02. The van der Waals surface area contributed by atoms with Crippen molar-refractivity contribution in [2.45, 2.75) is 12.8 Å². The van der Waals surface area contributed by atoms with Crippen LogP contribution < -0.4 is 24.8 Å². The van der Waals surface area contributed by atoms with Crippen molar-refractivity contribution in [1.82, 2.24) is 10.6 Å². The van der Waals surface area contributed by atoms with Crippen molar-refractivity contribution in [3.63, 3.8) is 0 Å². The van der Waals surface area contributed by atoms with E-state index in [1.165, 1.54) is 5.56 Å². The molecule has 0 amide bonds. The highest BCUT2D eigenvalue weighted by molar-refractivity contribution is 6.30. The zero-order valence-electron chi connectivity index (χ0n) is 16.8. The normalized spacial score (nSPS) is 11.1. The van der Waals surface area contributed by atoms with Gasteiger partial charge >= 0.3 is 0 Å². The Labute approximate surface area is 171 Å². The average Bonchev–Trinajstić information content (AvgIpc) is 2.71. The van der Waals surface area contributed by atoms with Crippen molar-refractivity contribution in [3.05, 3.63) is 52.5 Å². The Kier molecular flexibility index (Phi) is 8.75. The third kappa shape index (κ3) is 5.96. The van der Waals surface area contributed by atoms with Gasteiger partial charge in [-0.25, -0.2) is 0 Å². The van der Waals surface area contributed by atoms with Gasteiger partial charge in [0.15, 0.2) is 17.5 Å². The van der Waals surface area contributed by atoms with Gasteiger partial charge in [0.25, 0.3) is 0 Å². The van der Waals surface area contributed by atoms with Gasteiger partial charge in [-0.2, -0.15) is 0 Å². The molecule has 2 aromatic carbocycles. The predicted molar refractivity (Wildman–Crippen MR) is 114 cm³/mol. The molecule has 6 nitrogen and oxygen atoms in total. The van der Waals surface area contributed by atoms with Gasteiger partial charge in [0.05, 0.1) is 21.3 Å². The first kappa shape index (κ1) is 21.7. The van der Waals surface area contributed by atoms with E-state index < -0.39 is 0 Å². The number of nitrogens with one attached hydrogen (secondary N) is 2. The molecule has 2 N–H and O–H groups in total. The number of aliphatic imine (C=N–C) groups is 1. The van der Waals surface area contributed by atoms with Crippen LogP contribution in [0.25, 0.3) is 0 Å². The molecule has 0 aromatic heterocycles. The van der Waals surface area contributed by atoms with Crippen molar-refractivity contribution in [2.75, 3.05) is 41.5 Å². The Balaban J connectivity index is 1.87. The molecule has 2 rings (SSSR count). The lowest BCUT2D eigenvalue weighted by atomic mass is 10.1. The summed E-state index contributed by atoms with van der Waals surface area (Å²) < 4.78 is 16.3. The summed E-state index contributed by atoms with van der Waals surface area (Å²) in [6.07, 6.45) is 1.61. The Bertz CT molecular complexity index is 796. The number of rotatable bonds is 9. The Morgan fingerprint density at radius 3 is 2.25 bits per heavy atom. The monoisotopic (exact) mass is 405 g/mol. The first-order valence-corrected chi connectivity index (χ1v) is 9.47. The maximum absolute atomic E-state index is 6.02. The predicted octanol–water partition coefficient (Wildman–Crippen LogP) is 3.32. The number of nitrogens with zero attached hydrogens (tertiary/aromatic N) is 1. The van der Waals surface area contributed by atoms with Crippen LogP contribution >= 0.6 is 11.6 Å². The van der Waals surface area contributed by atoms with Crippen molar-refractivity contribution in [3.8, 4) is 17.2 Å². The van der Waals surface area contributed by atoms with Gasteiger partial charge in [-0.05, 0) is 36.6 Å². The lowest BCUT2D eigenvalue weighted by molar-refractivity contribution is 0.322. The number of hydrogen-bond donors (Lipinski definition) is 2. The van der Waals surface area contributed by atoms with Crippen LogP contribution in [-0.4, -0.2) is 47.4 Å².